The Morgan fingerprint density at radius 3 is 2.31 bits per heavy atom. The number of halogens is 2. The normalized spacial score (nSPS) is 27.1. The molecule has 2 unspecified atom stereocenters. The summed E-state index contributed by atoms with van der Waals surface area (Å²) in [6.45, 7) is 3.22. The van der Waals surface area contributed by atoms with Crippen molar-refractivity contribution in [2.24, 2.45) is 5.41 Å². The number of Topliss-reactive ketones (excluding diaryl/α,β-unsaturated/α-hetero) is 1. The molecule has 0 bridgehead atoms. The average Bonchev–Trinajstić information content (AvgIpc) is 2.15. The topological polar surface area (TPSA) is 50.4 Å². The highest BCUT2D eigenvalue weighted by atomic mass is 19.3. The summed E-state index contributed by atoms with van der Waals surface area (Å²) in [5.74, 6) is 0.0653. The van der Waals surface area contributed by atoms with Gasteiger partial charge in [0.1, 0.15) is 6.23 Å². The molecule has 6 heteroatoms. The van der Waals surface area contributed by atoms with Crippen molar-refractivity contribution in [1.82, 2.24) is 10.6 Å². The molecule has 1 aliphatic heterocycles. The van der Waals surface area contributed by atoms with Crippen LogP contribution in [0.3, 0.4) is 0 Å². The smallest absolute Gasteiger partial charge is 0.303 e. The highest BCUT2D eigenvalue weighted by Gasteiger charge is 2.33. The van der Waals surface area contributed by atoms with Crippen LogP contribution >= 0.6 is 0 Å². The molecule has 4 nitrogen and oxygen atoms in total. The van der Waals surface area contributed by atoms with E-state index >= 15 is 0 Å². The van der Waals surface area contributed by atoms with Gasteiger partial charge in [-0.1, -0.05) is 20.8 Å². The fraction of sp³-hybridized carbons (Fsp3) is 0.900. The molecular formula is C10H18F2N2O2. The lowest BCUT2D eigenvalue weighted by Crippen LogP contribution is -2.60. The van der Waals surface area contributed by atoms with Crippen LogP contribution in [0.2, 0.25) is 0 Å². The number of hydrogen-bond donors (Lipinski definition) is 2. The number of carbonyl (C=O) groups is 1. The van der Waals surface area contributed by atoms with Gasteiger partial charge in [0.2, 0.25) is 0 Å². The van der Waals surface area contributed by atoms with Crippen LogP contribution in [0, 0.1) is 5.41 Å². The fourth-order valence-electron chi connectivity index (χ4n) is 1.57. The molecule has 94 valence electrons. The minimum Gasteiger partial charge on any atom is -0.303 e. The number of piperazine rings is 1. The lowest BCUT2D eigenvalue weighted by molar-refractivity contribution is -0.174. The summed E-state index contributed by atoms with van der Waals surface area (Å²) in [6, 6.07) is -0.336. The monoisotopic (exact) mass is 236 g/mol. The van der Waals surface area contributed by atoms with Gasteiger partial charge in [-0.2, -0.15) is 8.78 Å². The Kier molecular flexibility index (Phi) is 4.35. The molecule has 2 atom stereocenters. The van der Waals surface area contributed by atoms with E-state index in [2.05, 4.69) is 15.4 Å². The molecular weight excluding hydrogens is 218 g/mol. The zero-order valence-corrected chi connectivity index (χ0v) is 9.72. The van der Waals surface area contributed by atoms with Crippen molar-refractivity contribution in [3.05, 3.63) is 0 Å². The third-order valence-electron chi connectivity index (χ3n) is 2.42. The second-order valence-electron chi connectivity index (χ2n) is 4.87. The van der Waals surface area contributed by atoms with Crippen LogP contribution in [0.25, 0.3) is 0 Å². The van der Waals surface area contributed by atoms with E-state index in [1.807, 2.05) is 20.8 Å². The van der Waals surface area contributed by atoms with Crippen LogP contribution in [-0.2, 0) is 9.53 Å². The maximum atomic E-state index is 11.9. The third kappa shape index (κ3) is 3.77. The summed E-state index contributed by atoms with van der Waals surface area (Å²) in [5, 5.41) is 5.68. The van der Waals surface area contributed by atoms with E-state index in [1.54, 1.807) is 0 Å². The highest BCUT2D eigenvalue weighted by molar-refractivity contribution is 5.89. The number of ether oxygens (including phenoxy) is 1. The predicted octanol–water partition coefficient (Wildman–Crippen LogP) is 0.728. The molecule has 1 fully saturated rings. The van der Waals surface area contributed by atoms with E-state index < -0.39 is 18.3 Å². The van der Waals surface area contributed by atoms with Crippen LogP contribution in [0.15, 0.2) is 0 Å². The molecule has 16 heavy (non-hydrogen) atoms. The van der Waals surface area contributed by atoms with Gasteiger partial charge in [-0.3, -0.25) is 10.1 Å². The Labute approximate surface area is 93.7 Å². The summed E-state index contributed by atoms with van der Waals surface area (Å²) in [6.07, 6.45) is -0.732. The lowest BCUT2D eigenvalue weighted by atomic mass is 9.86. The Morgan fingerprint density at radius 2 is 1.94 bits per heavy atom. The first kappa shape index (κ1) is 13.5. The first-order chi connectivity index (χ1) is 7.30. The zero-order chi connectivity index (χ0) is 12.3. The summed E-state index contributed by atoms with van der Waals surface area (Å²) >= 11 is 0. The maximum absolute atomic E-state index is 11.9. The second kappa shape index (κ2) is 5.16. The van der Waals surface area contributed by atoms with E-state index in [0.29, 0.717) is 6.54 Å². The molecule has 1 aliphatic rings. The number of hydrogen-bond acceptors (Lipinski definition) is 4. The van der Waals surface area contributed by atoms with Gasteiger partial charge in [0.25, 0.3) is 0 Å². The van der Waals surface area contributed by atoms with E-state index in [9.17, 15) is 13.6 Å². The second-order valence-corrected chi connectivity index (χ2v) is 4.87. The lowest BCUT2D eigenvalue weighted by Gasteiger charge is -2.33. The van der Waals surface area contributed by atoms with Crippen LogP contribution in [0.5, 0.6) is 0 Å². The number of ketones is 1. The van der Waals surface area contributed by atoms with Gasteiger partial charge in [0, 0.05) is 18.5 Å². The number of carbonyl (C=O) groups excluding carboxylic acids is 1. The maximum Gasteiger partial charge on any atom is 0.346 e. The number of alkyl halides is 2. The molecule has 0 saturated carbocycles. The molecule has 1 saturated heterocycles. The number of rotatable bonds is 3. The van der Waals surface area contributed by atoms with Gasteiger partial charge in [-0.15, -0.1) is 0 Å². The van der Waals surface area contributed by atoms with Crippen molar-refractivity contribution < 1.29 is 18.3 Å². The quantitative estimate of drug-likeness (QED) is 0.758. The van der Waals surface area contributed by atoms with E-state index in [0.717, 1.165) is 0 Å². The van der Waals surface area contributed by atoms with Gasteiger partial charge in [0.15, 0.2) is 5.78 Å². The van der Waals surface area contributed by atoms with Crippen molar-refractivity contribution in [3.8, 4) is 0 Å². The molecule has 0 amide bonds. The molecule has 0 aliphatic carbocycles. The molecule has 0 aromatic rings. The van der Waals surface area contributed by atoms with E-state index in [4.69, 9.17) is 0 Å². The molecule has 1 heterocycles. The van der Waals surface area contributed by atoms with E-state index in [-0.39, 0.29) is 18.4 Å². The van der Waals surface area contributed by atoms with Crippen molar-refractivity contribution >= 4 is 5.78 Å². The highest BCUT2D eigenvalue weighted by Crippen LogP contribution is 2.17. The Hall–Kier alpha value is -0.590. The average molecular weight is 236 g/mol. The van der Waals surface area contributed by atoms with Gasteiger partial charge < -0.3 is 10.1 Å². The minimum absolute atomic E-state index is 0.0653. The van der Waals surface area contributed by atoms with Crippen LogP contribution in [0.1, 0.15) is 20.8 Å². The fourth-order valence-corrected chi connectivity index (χ4v) is 1.57. The first-order valence-electron chi connectivity index (χ1n) is 5.25. The largest absolute Gasteiger partial charge is 0.346 e. The van der Waals surface area contributed by atoms with Crippen LogP contribution in [-0.4, -0.2) is 37.8 Å². The Morgan fingerprint density at radius 1 is 1.31 bits per heavy atom. The summed E-state index contributed by atoms with van der Waals surface area (Å²) in [4.78, 5) is 11.9. The SMILES string of the molecule is CC(C)(C)C(=O)C1CNC(OC(F)F)CN1. The Bertz CT molecular complexity index is 246. The van der Waals surface area contributed by atoms with Crippen molar-refractivity contribution in [3.63, 3.8) is 0 Å². The first-order valence-corrected chi connectivity index (χ1v) is 5.25. The summed E-state index contributed by atoms with van der Waals surface area (Å²) in [7, 11) is 0. The molecule has 1 rings (SSSR count). The van der Waals surface area contributed by atoms with Crippen LogP contribution < -0.4 is 10.6 Å². The van der Waals surface area contributed by atoms with Crippen molar-refractivity contribution in [2.75, 3.05) is 13.1 Å². The summed E-state index contributed by atoms with van der Waals surface area (Å²) < 4.78 is 28.1. The molecule has 0 aromatic carbocycles. The van der Waals surface area contributed by atoms with Gasteiger partial charge in [0.05, 0.1) is 6.04 Å². The standard InChI is InChI=1S/C10H18F2N2O2/c1-10(2,3)8(15)6-4-14-7(5-13-6)16-9(11)12/h6-7,9,13-14H,4-5H2,1-3H3. The molecule has 0 aromatic heterocycles. The summed E-state index contributed by atoms with van der Waals surface area (Å²) in [5.41, 5.74) is -0.435. The van der Waals surface area contributed by atoms with Crippen molar-refractivity contribution in [1.29, 1.82) is 0 Å². The Balaban J connectivity index is 2.40. The van der Waals surface area contributed by atoms with Gasteiger partial charge in [-0.25, -0.2) is 0 Å². The van der Waals surface area contributed by atoms with Crippen molar-refractivity contribution in [2.45, 2.75) is 39.7 Å². The number of nitrogens with one attached hydrogen (secondary N) is 2. The van der Waals surface area contributed by atoms with E-state index in [1.165, 1.54) is 0 Å². The molecule has 0 radical (unpaired) electrons. The minimum atomic E-state index is -2.80. The van der Waals surface area contributed by atoms with Crippen LogP contribution in [0.4, 0.5) is 8.78 Å². The predicted molar refractivity (Wildman–Crippen MR) is 55.1 cm³/mol. The molecule has 0 spiro atoms. The zero-order valence-electron chi connectivity index (χ0n) is 9.72. The van der Waals surface area contributed by atoms with Gasteiger partial charge >= 0.3 is 6.61 Å². The third-order valence-corrected chi connectivity index (χ3v) is 2.42. The van der Waals surface area contributed by atoms with Gasteiger partial charge in [-0.05, 0) is 0 Å². The molecule has 2 N–H and O–H groups in total.